The molecule has 5 nitrogen and oxygen atoms in total. The maximum absolute atomic E-state index is 11.9. The summed E-state index contributed by atoms with van der Waals surface area (Å²) >= 11 is 6.10. The van der Waals surface area contributed by atoms with Gasteiger partial charge in [0.1, 0.15) is 5.75 Å². The highest BCUT2D eigenvalue weighted by molar-refractivity contribution is 6.32. The van der Waals surface area contributed by atoms with Gasteiger partial charge in [0.25, 0.3) is 0 Å². The van der Waals surface area contributed by atoms with Gasteiger partial charge in [-0.3, -0.25) is 4.79 Å². The summed E-state index contributed by atoms with van der Waals surface area (Å²) < 4.78 is 10.5. The molecule has 20 heavy (non-hydrogen) atoms. The van der Waals surface area contributed by atoms with Gasteiger partial charge >= 0.3 is 0 Å². The van der Waals surface area contributed by atoms with Gasteiger partial charge < -0.3 is 20.1 Å². The quantitative estimate of drug-likeness (QED) is 0.782. The number of nitrogens with one attached hydrogen (secondary N) is 2. The van der Waals surface area contributed by atoms with Crippen LogP contribution in [0.3, 0.4) is 0 Å². The summed E-state index contributed by atoms with van der Waals surface area (Å²) in [5.41, 5.74) is 0.939. The normalized spacial score (nSPS) is 17.2. The maximum Gasteiger partial charge on any atom is 0.234 e. The molecule has 110 valence electrons. The highest BCUT2D eigenvalue weighted by Crippen LogP contribution is 2.37. The number of fused-ring (bicyclic) bond motifs is 1. The number of benzene rings is 1. The zero-order valence-electron chi connectivity index (χ0n) is 11.4. The van der Waals surface area contributed by atoms with Gasteiger partial charge in [-0.25, -0.2) is 0 Å². The van der Waals surface area contributed by atoms with Crippen LogP contribution < -0.4 is 15.4 Å². The summed E-state index contributed by atoms with van der Waals surface area (Å²) in [6, 6.07) is 5.54. The Balaban J connectivity index is 1.91. The van der Waals surface area contributed by atoms with Gasteiger partial charge in [-0.2, -0.15) is 0 Å². The predicted molar refractivity (Wildman–Crippen MR) is 77.2 cm³/mol. The number of methoxy groups -OCH3 is 1. The van der Waals surface area contributed by atoms with Crippen LogP contribution >= 0.6 is 11.6 Å². The fourth-order valence-electron chi connectivity index (χ4n) is 2.16. The van der Waals surface area contributed by atoms with Crippen molar-refractivity contribution in [3.05, 3.63) is 28.8 Å². The molecule has 2 N–H and O–H groups in total. The molecule has 1 aromatic rings. The fraction of sp³-hybridized carbons (Fsp3) is 0.500. The maximum atomic E-state index is 11.9. The molecule has 2 rings (SSSR count). The zero-order valence-corrected chi connectivity index (χ0v) is 12.2. The van der Waals surface area contributed by atoms with E-state index in [1.54, 1.807) is 13.2 Å². The van der Waals surface area contributed by atoms with E-state index in [4.69, 9.17) is 21.1 Å². The number of carbonyl (C=O) groups is 1. The van der Waals surface area contributed by atoms with E-state index in [0.717, 1.165) is 12.0 Å². The molecule has 0 bridgehead atoms. The first-order chi connectivity index (χ1) is 9.72. The van der Waals surface area contributed by atoms with Crippen molar-refractivity contribution in [1.29, 1.82) is 0 Å². The molecule has 1 aliphatic rings. The fourth-order valence-corrected chi connectivity index (χ4v) is 2.39. The van der Waals surface area contributed by atoms with E-state index in [2.05, 4.69) is 10.6 Å². The molecule has 1 unspecified atom stereocenters. The predicted octanol–water partition coefficient (Wildman–Crippen LogP) is 1.52. The molecule has 1 amide bonds. The van der Waals surface area contributed by atoms with Gasteiger partial charge in [-0.05, 0) is 6.07 Å². The van der Waals surface area contributed by atoms with Crippen LogP contribution in [0.1, 0.15) is 18.0 Å². The van der Waals surface area contributed by atoms with Crippen LogP contribution in [0.25, 0.3) is 0 Å². The number of hydrogen-bond acceptors (Lipinski definition) is 4. The van der Waals surface area contributed by atoms with E-state index < -0.39 is 0 Å². The standard InChI is InChI=1S/C14H19ClN2O3/c1-19-8-6-16-9-13(18)17-12-5-7-20-14-10(12)3-2-4-11(14)15/h2-4,12,16H,5-9H2,1H3,(H,17,18). The third-order valence-corrected chi connectivity index (χ3v) is 3.43. The first kappa shape index (κ1) is 15.1. The van der Waals surface area contributed by atoms with Gasteiger partial charge in [0.15, 0.2) is 0 Å². The first-order valence-corrected chi connectivity index (χ1v) is 7.00. The third kappa shape index (κ3) is 3.85. The molecule has 1 atom stereocenters. The van der Waals surface area contributed by atoms with Crippen molar-refractivity contribution < 1.29 is 14.3 Å². The Morgan fingerprint density at radius 2 is 2.40 bits per heavy atom. The lowest BCUT2D eigenvalue weighted by atomic mass is 10.0. The van der Waals surface area contributed by atoms with E-state index in [1.165, 1.54) is 0 Å². The Labute approximate surface area is 123 Å². The van der Waals surface area contributed by atoms with Crippen molar-refractivity contribution in [3.63, 3.8) is 0 Å². The monoisotopic (exact) mass is 298 g/mol. The molecule has 0 spiro atoms. The number of amides is 1. The molecule has 0 saturated heterocycles. The smallest absolute Gasteiger partial charge is 0.234 e. The second-order valence-corrected chi connectivity index (χ2v) is 4.99. The van der Waals surface area contributed by atoms with Crippen LogP contribution in [-0.2, 0) is 9.53 Å². The zero-order chi connectivity index (χ0) is 14.4. The minimum atomic E-state index is -0.0471. The van der Waals surface area contributed by atoms with Crippen LogP contribution in [0.4, 0.5) is 0 Å². The van der Waals surface area contributed by atoms with Gasteiger partial charge in [-0.1, -0.05) is 23.7 Å². The van der Waals surface area contributed by atoms with E-state index in [1.807, 2.05) is 12.1 Å². The highest BCUT2D eigenvalue weighted by atomic mass is 35.5. The number of rotatable bonds is 6. The van der Waals surface area contributed by atoms with Gasteiger partial charge in [0.2, 0.25) is 5.91 Å². The Bertz CT molecular complexity index is 468. The molecule has 0 saturated carbocycles. The Kier molecular flexibility index (Phi) is 5.64. The van der Waals surface area contributed by atoms with Crippen molar-refractivity contribution in [2.45, 2.75) is 12.5 Å². The summed E-state index contributed by atoms with van der Waals surface area (Å²) in [6.07, 6.45) is 0.747. The van der Waals surface area contributed by atoms with E-state index >= 15 is 0 Å². The molecule has 6 heteroatoms. The summed E-state index contributed by atoms with van der Waals surface area (Å²) in [6.45, 7) is 2.07. The lowest BCUT2D eigenvalue weighted by Crippen LogP contribution is -2.38. The van der Waals surface area contributed by atoms with Crippen LogP contribution in [-0.4, -0.2) is 39.3 Å². The second kappa shape index (κ2) is 7.47. The highest BCUT2D eigenvalue weighted by Gasteiger charge is 2.24. The number of para-hydroxylation sites is 1. The Morgan fingerprint density at radius 3 is 3.20 bits per heavy atom. The van der Waals surface area contributed by atoms with Gasteiger partial charge in [0, 0.05) is 25.6 Å². The number of halogens is 1. The number of hydrogen-bond donors (Lipinski definition) is 2. The molecule has 1 aromatic carbocycles. The Hall–Kier alpha value is -1.30. The second-order valence-electron chi connectivity index (χ2n) is 4.58. The van der Waals surface area contributed by atoms with E-state index in [0.29, 0.717) is 30.5 Å². The van der Waals surface area contributed by atoms with Crippen molar-refractivity contribution in [3.8, 4) is 5.75 Å². The van der Waals surface area contributed by atoms with E-state index in [-0.39, 0.29) is 18.5 Å². The Morgan fingerprint density at radius 1 is 1.55 bits per heavy atom. The summed E-state index contributed by atoms with van der Waals surface area (Å²) in [7, 11) is 1.63. The van der Waals surface area contributed by atoms with Gasteiger partial charge in [-0.15, -0.1) is 0 Å². The molecular formula is C14H19ClN2O3. The average molecular weight is 299 g/mol. The average Bonchev–Trinajstić information content (AvgIpc) is 2.45. The number of ether oxygens (including phenoxy) is 2. The lowest BCUT2D eigenvalue weighted by molar-refractivity contribution is -0.121. The summed E-state index contributed by atoms with van der Waals surface area (Å²) in [5, 5.41) is 6.60. The largest absolute Gasteiger partial charge is 0.492 e. The molecule has 0 fully saturated rings. The molecule has 0 aromatic heterocycles. The molecule has 0 radical (unpaired) electrons. The summed E-state index contributed by atoms with van der Waals surface area (Å²) in [4.78, 5) is 11.9. The van der Waals surface area contributed by atoms with Crippen LogP contribution in [0.2, 0.25) is 5.02 Å². The minimum Gasteiger partial charge on any atom is -0.492 e. The molecule has 1 aliphatic heterocycles. The van der Waals surface area contributed by atoms with Crippen LogP contribution in [0.15, 0.2) is 18.2 Å². The summed E-state index contributed by atoms with van der Waals surface area (Å²) in [5.74, 6) is 0.636. The van der Waals surface area contributed by atoms with Crippen molar-refractivity contribution >= 4 is 17.5 Å². The van der Waals surface area contributed by atoms with Crippen LogP contribution in [0.5, 0.6) is 5.75 Å². The number of carbonyl (C=O) groups excluding carboxylic acids is 1. The minimum absolute atomic E-state index is 0.0427. The molecular weight excluding hydrogens is 280 g/mol. The van der Waals surface area contributed by atoms with Crippen LogP contribution in [0, 0.1) is 0 Å². The van der Waals surface area contributed by atoms with Crippen molar-refractivity contribution in [1.82, 2.24) is 10.6 Å². The SMILES string of the molecule is COCCNCC(=O)NC1CCOc2c(Cl)cccc21. The molecule has 0 aliphatic carbocycles. The topological polar surface area (TPSA) is 59.6 Å². The van der Waals surface area contributed by atoms with Crippen molar-refractivity contribution in [2.75, 3.05) is 33.4 Å². The van der Waals surface area contributed by atoms with Crippen molar-refractivity contribution in [2.24, 2.45) is 0 Å². The van der Waals surface area contributed by atoms with Gasteiger partial charge in [0.05, 0.1) is 30.8 Å². The van der Waals surface area contributed by atoms with E-state index in [9.17, 15) is 4.79 Å². The molecule has 1 heterocycles. The first-order valence-electron chi connectivity index (χ1n) is 6.62. The third-order valence-electron chi connectivity index (χ3n) is 3.13. The lowest BCUT2D eigenvalue weighted by Gasteiger charge is -2.27.